The summed E-state index contributed by atoms with van der Waals surface area (Å²) in [5.41, 5.74) is 1.17. The van der Waals surface area contributed by atoms with Crippen LogP contribution in [0.15, 0.2) is 34.5 Å². The largest absolute Gasteiger partial charge is 0.495 e. The van der Waals surface area contributed by atoms with E-state index < -0.39 is 16.0 Å². The molecule has 1 aromatic heterocycles. The normalized spacial score (nSPS) is 11.1. The lowest BCUT2D eigenvalue weighted by atomic mass is 10.2. The second kappa shape index (κ2) is 5.74. The van der Waals surface area contributed by atoms with Gasteiger partial charge in [-0.1, -0.05) is 6.07 Å². The number of aromatic carboxylic acids is 1. The van der Waals surface area contributed by atoms with Crippen molar-refractivity contribution in [3.63, 3.8) is 0 Å². The maximum atomic E-state index is 12.3. The Labute approximate surface area is 126 Å². The lowest BCUT2D eigenvalue weighted by molar-refractivity contribution is 0.0702. The second-order valence-corrected chi connectivity index (χ2v) is 6.85. The monoisotopic (exact) mass is 327 g/mol. The highest BCUT2D eigenvalue weighted by molar-refractivity contribution is 7.92. The van der Waals surface area contributed by atoms with Gasteiger partial charge in [0, 0.05) is 5.38 Å². The summed E-state index contributed by atoms with van der Waals surface area (Å²) >= 11 is 0.858. The number of ether oxygens (including phenoxy) is 1. The molecule has 2 N–H and O–H groups in total. The summed E-state index contributed by atoms with van der Waals surface area (Å²) in [5, 5.41) is 10.1. The summed E-state index contributed by atoms with van der Waals surface area (Å²) in [6, 6.07) is 6.21. The molecule has 21 heavy (non-hydrogen) atoms. The third-order valence-electron chi connectivity index (χ3n) is 2.70. The number of carbonyl (C=O) groups is 1. The van der Waals surface area contributed by atoms with Gasteiger partial charge < -0.3 is 9.84 Å². The van der Waals surface area contributed by atoms with Crippen molar-refractivity contribution in [3.8, 4) is 5.75 Å². The number of thiophene rings is 1. The summed E-state index contributed by atoms with van der Waals surface area (Å²) in [4.78, 5) is 10.7. The zero-order valence-electron chi connectivity index (χ0n) is 11.3. The quantitative estimate of drug-likeness (QED) is 0.880. The highest BCUT2D eigenvalue weighted by Crippen LogP contribution is 2.29. The van der Waals surface area contributed by atoms with Crippen molar-refractivity contribution in [2.24, 2.45) is 0 Å². The number of carboxylic acid groups (broad SMARTS) is 1. The van der Waals surface area contributed by atoms with Crippen molar-refractivity contribution in [2.45, 2.75) is 11.8 Å². The van der Waals surface area contributed by atoms with Gasteiger partial charge in [0.15, 0.2) is 0 Å². The Morgan fingerprint density at radius 2 is 2.05 bits per heavy atom. The molecule has 0 radical (unpaired) electrons. The van der Waals surface area contributed by atoms with Crippen LogP contribution in [0.5, 0.6) is 5.75 Å². The minimum Gasteiger partial charge on any atom is -0.495 e. The van der Waals surface area contributed by atoms with Gasteiger partial charge in [0.05, 0.1) is 17.7 Å². The average molecular weight is 327 g/mol. The van der Waals surface area contributed by atoms with Gasteiger partial charge in [-0.2, -0.15) is 0 Å². The highest BCUT2D eigenvalue weighted by atomic mass is 32.2. The molecule has 6 nitrogen and oxygen atoms in total. The van der Waals surface area contributed by atoms with E-state index in [4.69, 9.17) is 9.84 Å². The molecule has 0 aliphatic heterocycles. The van der Waals surface area contributed by atoms with Gasteiger partial charge in [-0.05, 0) is 30.7 Å². The van der Waals surface area contributed by atoms with Gasteiger partial charge >= 0.3 is 5.97 Å². The number of benzene rings is 1. The fourth-order valence-electron chi connectivity index (χ4n) is 1.68. The van der Waals surface area contributed by atoms with Gasteiger partial charge in [0.1, 0.15) is 10.6 Å². The summed E-state index contributed by atoms with van der Waals surface area (Å²) in [6.45, 7) is 1.82. The Kier molecular flexibility index (Phi) is 4.19. The number of nitrogens with one attached hydrogen (secondary N) is 1. The number of carboxylic acids is 1. The third kappa shape index (κ3) is 3.34. The predicted molar refractivity (Wildman–Crippen MR) is 79.8 cm³/mol. The molecule has 0 aliphatic carbocycles. The van der Waals surface area contributed by atoms with Crippen LogP contribution >= 0.6 is 11.3 Å². The van der Waals surface area contributed by atoms with E-state index in [-0.39, 0.29) is 9.77 Å². The number of hydrogen-bond acceptors (Lipinski definition) is 5. The first-order valence-corrected chi connectivity index (χ1v) is 8.19. The summed E-state index contributed by atoms with van der Waals surface area (Å²) < 4.78 is 32.0. The van der Waals surface area contributed by atoms with Gasteiger partial charge in [-0.3, -0.25) is 4.72 Å². The highest BCUT2D eigenvalue weighted by Gasteiger charge is 2.20. The van der Waals surface area contributed by atoms with E-state index >= 15 is 0 Å². The summed E-state index contributed by atoms with van der Waals surface area (Å²) in [7, 11) is -2.42. The number of methoxy groups -OCH3 is 1. The Morgan fingerprint density at radius 3 is 2.62 bits per heavy atom. The first-order valence-electron chi connectivity index (χ1n) is 5.83. The first-order chi connectivity index (χ1) is 9.83. The fraction of sp³-hybridized carbons (Fsp3) is 0.154. The Hall–Kier alpha value is -2.06. The lowest BCUT2D eigenvalue weighted by Gasteiger charge is -2.11. The Balaban J connectivity index is 2.37. The Bertz CT molecular complexity index is 780. The molecule has 0 saturated heterocycles. The molecule has 1 heterocycles. The van der Waals surface area contributed by atoms with E-state index in [1.807, 2.05) is 6.92 Å². The maximum absolute atomic E-state index is 12.3. The van der Waals surface area contributed by atoms with Crippen LogP contribution in [0.4, 0.5) is 5.69 Å². The van der Waals surface area contributed by atoms with Gasteiger partial charge in [0.25, 0.3) is 10.0 Å². The smallest absolute Gasteiger partial charge is 0.345 e. The molecule has 2 rings (SSSR count). The molecule has 0 amide bonds. The number of sulfonamides is 1. The molecule has 1 aromatic carbocycles. The molecule has 112 valence electrons. The number of aryl methyl sites for hydroxylation is 1. The van der Waals surface area contributed by atoms with Crippen LogP contribution in [0, 0.1) is 6.92 Å². The number of rotatable bonds is 5. The topological polar surface area (TPSA) is 92.7 Å². The molecule has 0 bridgehead atoms. The summed E-state index contributed by atoms with van der Waals surface area (Å²) in [5.74, 6) is -0.771. The molecule has 0 saturated carbocycles. The number of anilines is 1. The molecule has 0 aliphatic rings. The van der Waals surface area contributed by atoms with Crippen molar-refractivity contribution < 1.29 is 23.1 Å². The van der Waals surface area contributed by atoms with E-state index in [0.29, 0.717) is 11.4 Å². The van der Waals surface area contributed by atoms with Crippen molar-refractivity contribution in [3.05, 3.63) is 40.1 Å². The van der Waals surface area contributed by atoms with E-state index in [9.17, 15) is 13.2 Å². The van der Waals surface area contributed by atoms with Crippen molar-refractivity contribution in [2.75, 3.05) is 11.8 Å². The molecule has 2 aromatic rings. The van der Waals surface area contributed by atoms with E-state index in [1.54, 1.807) is 18.2 Å². The zero-order chi connectivity index (χ0) is 15.6. The van der Waals surface area contributed by atoms with Gasteiger partial charge in [-0.15, -0.1) is 11.3 Å². The van der Waals surface area contributed by atoms with Crippen molar-refractivity contribution in [1.82, 2.24) is 0 Å². The zero-order valence-corrected chi connectivity index (χ0v) is 12.9. The third-order valence-corrected chi connectivity index (χ3v) is 5.11. The standard InChI is InChI=1S/C13H13NO5S2/c1-8-3-4-11(19-2)10(5-8)14-21(17,18)9-6-12(13(15)16)20-7-9/h3-7,14H,1-2H3,(H,15,16). The molecule has 8 heteroatoms. The van der Waals surface area contributed by atoms with Gasteiger partial charge in [-0.25, -0.2) is 13.2 Å². The minimum absolute atomic E-state index is 0.0356. The molecule has 0 fully saturated rings. The van der Waals surface area contributed by atoms with Crippen LogP contribution in [0.1, 0.15) is 15.2 Å². The lowest BCUT2D eigenvalue weighted by Crippen LogP contribution is -2.13. The van der Waals surface area contributed by atoms with E-state index in [0.717, 1.165) is 23.0 Å². The van der Waals surface area contributed by atoms with Crippen LogP contribution in [-0.2, 0) is 10.0 Å². The minimum atomic E-state index is -3.86. The van der Waals surface area contributed by atoms with Crippen LogP contribution < -0.4 is 9.46 Å². The van der Waals surface area contributed by atoms with Crippen LogP contribution in [-0.4, -0.2) is 26.6 Å². The SMILES string of the molecule is COc1ccc(C)cc1NS(=O)(=O)c1csc(C(=O)O)c1. The first kappa shape index (κ1) is 15.3. The molecule has 0 atom stereocenters. The molecule has 0 unspecified atom stereocenters. The predicted octanol–water partition coefficient (Wildman–Crippen LogP) is 2.56. The Morgan fingerprint density at radius 1 is 1.33 bits per heavy atom. The van der Waals surface area contributed by atoms with E-state index in [2.05, 4.69) is 4.72 Å². The molecule has 0 spiro atoms. The molecular formula is C13H13NO5S2. The van der Waals surface area contributed by atoms with Crippen molar-refractivity contribution >= 4 is 33.0 Å². The van der Waals surface area contributed by atoms with Crippen LogP contribution in [0.3, 0.4) is 0 Å². The molecular weight excluding hydrogens is 314 g/mol. The summed E-state index contributed by atoms with van der Waals surface area (Å²) in [6.07, 6.45) is 0. The fourth-order valence-corrected chi connectivity index (χ4v) is 3.85. The second-order valence-electron chi connectivity index (χ2n) is 4.26. The maximum Gasteiger partial charge on any atom is 0.345 e. The van der Waals surface area contributed by atoms with Crippen molar-refractivity contribution in [1.29, 1.82) is 0 Å². The number of hydrogen-bond donors (Lipinski definition) is 2. The van der Waals surface area contributed by atoms with Crippen LogP contribution in [0.2, 0.25) is 0 Å². The van der Waals surface area contributed by atoms with Crippen LogP contribution in [0.25, 0.3) is 0 Å². The average Bonchev–Trinajstić information content (AvgIpc) is 2.89. The van der Waals surface area contributed by atoms with Gasteiger partial charge in [0.2, 0.25) is 0 Å². The van der Waals surface area contributed by atoms with E-state index in [1.165, 1.54) is 12.5 Å².